The molecule has 1 rings (SSSR count). The Morgan fingerprint density at radius 1 is 1.38 bits per heavy atom. The number of hydrogen-bond acceptors (Lipinski definition) is 2. The summed E-state index contributed by atoms with van der Waals surface area (Å²) in [4.78, 5) is 0. The van der Waals surface area contributed by atoms with Crippen LogP contribution in [0.15, 0.2) is 18.2 Å². The van der Waals surface area contributed by atoms with Crippen molar-refractivity contribution in [1.82, 2.24) is 5.32 Å². The summed E-state index contributed by atoms with van der Waals surface area (Å²) in [6.45, 7) is 7.87. The average Bonchev–Trinajstić information content (AvgIpc) is 2.23. The van der Waals surface area contributed by atoms with Gasteiger partial charge in [0.25, 0.3) is 0 Å². The van der Waals surface area contributed by atoms with Crippen LogP contribution in [0.25, 0.3) is 0 Å². The van der Waals surface area contributed by atoms with E-state index in [2.05, 4.69) is 11.4 Å². The molecule has 0 fully saturated rings. The Morgan fingerprint density at radius 3 is 2.62 bits per heavy atom. The van der Waals surface area contributed by atoms with Crippen LogP contribution in [0.2, 0.25) is 5.02 Å². The molecule has 0 aromatic heterocycles. The highest BCUT2D eigenvalue weighted by Gasteiger charge is 2.15. The third-order valence-corrected chi connectivity index (χ3v) is 3.01. The summed E-state index contributed by atoms with van der Waals surface area (Å²) >= 11 is 5.96. The molecule has 0 heterocycles. The molecule has 0 aliphatic rings. The third-order valence-electron chi connectivity index (χ3n) is 2.58. The van der Waals surface area contributed by atoms with Crippen molar-refractivity contribution in [2.75, 3.05) is 13.2 Å². The van der Waals surface area contributed by atoms with Crippen LogP contribution in [0.3, 0.4) is 0 Å². The molecule has 0 radical (unpaired) electrons. The maximum absolute atomic E-state index is 9.11. The second-order valence-corrected chi connectivity index (χ2v) is 5.42. The first-order chi connectivity index (χ1) is 7.44. The fourth-order valence-electron chi connectivity index (χ4n) is 1.42. The highest BCUT2D eigenvalue weighted by molar-refractivity contribution is 6.31. The molecule has 0 saturated heterocycles. The Kier molecular flexibility index (Phi) is 4.78. The van der Waals surface area contributed by atoms with Gasteiger partial charge in [0, 0.05) is 30.1 Å². The van der Waals surface area contributed by atoms with Gasteiger partial charge in [-0.3, -0.25) is 0 Å². The van der Waals surface area contributed by atoms with E-state index in [-0.39, 0.29) is 12.0 Å². The summed E-state index contributed by atoms with van der Waals surface area (Å²) in [7, 11) is 0. The van der Waals surface area contributed by atoms with E-state index >= 15 is 0 Å². The Balaban J connectivity index is 2.46. The second kappa shape index (κ2) is 5.67. The zero-order chi connectivity index (χ0) is 12.2. The van der Waals surface area contributed by atoms with E-state index in [0.717, 1.165) is 23.7 Å². The van der Waals surface area contributed by atoms with Crippen LogP contribution >= 0.6 is 11.6 Å². The van der Waals surface area contributed by atoms with Gasteiger partial charge >= 0.3 is 0 Å². The quantitative estimate of drug-likeness (QED) is 0.831. The molecule has 2 N–H and O–H groups in total. The molecule has 0 unspecified atom stereocenters. The summed E-state index contributed by atoms with van der Waals surface area (Å²) in [5, 5.41) is 13.3. The van der Waals surface area contributed by atoms with Gasteiger partial charge in [-0.2, -0.15) is 0 Å². The van der Waals surface area contributed by atoms with E-state index in [4.69, 9.17) is 16.7 Å². The standard InChI is InChI=1S/C13H20ClNO/c1-10-6-11(4-5-12(10)14)7-15-8-13(2,3)9-16/h4-6,15-16H,7-9H2,1-3H3. The van der Waals surface area contributed by atoms with Crippen molar-refractivity contribution >= 4 is 11.6 Å². The molecule has 2 nitrogen and oxygen atoms in total. The van der Waals surface area contributed by atoms with E-state index in [1.807, 2.05) is 32.9 Å². The number of aliphatic hydroxyl groups is 1. The van der Waals surface area contributed by atoms with E-state index in [1.165, 1.54) is 5.56 Å². The molecule has 1 aromatic rings. The minimum atomic E-state index is -0.0680. The van der Waals surface area contributed by atoms with Crippen LogP contribution in [-0.2, 0) is 6.54 Å². The van der Waals surface area contributed by atoms with E-state index < -0.39 is 0 Å². The van der Waals surface area contributed by atoms with Crippen molar-refractivity contribution in [1.29, 1.82) is 0 Å². The molecule has 0 saturated carbocycles. The van der Waals surface area contributed by atoms with Gasteiger partial charge in [-0.05, 0) is 24.1 Å². The van der Waals surface area contributed by atoms with E-state index in [9.17, 15) is 0 Å². The van der Waals surface area contributed by atoms with Gasteiger partial charge in [-0.1, -0.05) is 37.6 Å². The van der Waals surface area contributed by atoms with Crippen LogP contribution in [0.5, 0.6) is 0 Å². The average molecular weight is 242 g/mol. The van der Waals surface area contributed by atoms with Crippen LogP contribution in [0.4, 0.5) is 0 Å². The first-order valence-corrected chi connectivity index (χ1v) is 5.89. The molecule has 3 heteroatoms. The number of aryl methyl sites for hydroxylation is 1. The van der Waals surface area contributed by atoms with Crippen molar-refractivity contribution in [2.24, 2.45) is 5.41 Å². The van der Waals surface area contributed by atoms with E-state index in [0.29, 0.717) is 0 Å². The van der Waals surface area contributed by atoms with Crippen molar-refractivity contribution in [3.63, 3.8) is 0 Å². The minimum Gasteiger partial charge on any atom is -0.396 e. The van der Waals surface area contributed by atoms with Gasteiger partial charge in [0.15, 0.2) is 0 Å². The third kappa shape index (κ3) is 4.12. The van der Waals surface area contributed by atoms with Gasteiger partial charge in [-0.15, -0.1) is 0 Å². The topological polar surface area (TPSA) is 32.3 Å². The molecule has 90 valence electrons. The molecule has 0 bridgehead atoms. The van der Waals surface area contributed by atoms with Gasteiger partial charge < -0.3 is 10.4 Å². The fourth-order valence-corrected chi connectivity index (χ4v) is 1.54. The monoisotopic (exact) mass is 241 g/mol. The normalized spacial score (nSPS) is 11.8. The Morgan fingerprint density at radius 2 is 2.06 bits per heavy atom. The summed E-state index contributed by atoms with van der Waals surface area (Å²) in [6.07, 6.45) is 0. The number of aliphatic hydroxyl groups excluding tert-OH is 1. The molecule has 0 spiro atoms. The first-order valence-electron chi connectivity index (χ1n) is 5.51. The lowest BCUT2D eigenvalue weighted by molar-refractivity contribution is 0.156. The van der Waals surface area contributed by atoms with Crippen molar-refractivity contribution in [3.8, 4) is 0 Å². The van der Waals surface area contributed by atoms with Crippen molar-refractivity contribution < 1.29 is 5.11 Å². The van der Waals surface area contributed by atoms with Crippen LogP contribution in [0, 0.1) is 12.3 Å². The maximum atomic E-state index is 9.11. The lowest BCUT2D eigenvalue weighted by atomic mass is 9.95. The van der Waals surface area contributed by atoms with Gasteiger partial charge in [0.05, 0.1) is 0 Å². The van der Waals surface area contributed by atoms with Gasteiger partial charge in [-0.25, -0.2) is 0 Å². The van der Waals surface area contributed by atoms with Crippen LogP contribution in [-0.4, -0.2) is 18.3 Å². The molecule has 0 aliphatic carbocycles. The largest absolute Gasteiger partial charge is 0.396 e. The Hall–Kier alpha value is -0.570. The summed E-state index contributed by atoms with van der Waals surface area (Å²) in [5.41, 5.74) is 2.25. The van der Waals surface area contributed by atoms with Crippen molar-refractivity contribution in [3.05, 3.63) is 34.3 Å². The lowest BCUT2D eigenvalue weighted by Crippen LogP contribution is -2.31. The van der Waals surface area contributed by atoms with Crippen LogP contribution in [0.1, 0.15) is 25.0 Å². The first kappa shape index (κ1) is 13.5. The number of hydrogen-bond donors (Lipinski definition) is 2. The zero-order valence-corrected chi connectivity index (χ0v) is 10.9. The molecule has 16 heavy (non-hydrogen) atoms. The summed E-state index contributed by atoms with van der Waals surface area (Å²) in [5.74, 6) is 0. The summed E-state index contributed by atoms with van der Waals surface area (Å²) in [6, 6.07) is 6.03. The lowest BCUT2D eigenvalue weighted by Gasteiger charge is -2.22. The molecule has 0 amide bonds. The van der Waals surface area contributed by atoms with Gasteiger partial charge in [0.1, 0.15) is 0 Å². The summed E-state index contributed by atoms with van der Waals surface area (Å²) < 4.78 is 0. The molecule has 0 aliphatic heterocycles. The highest BCUT2D eigenvalue weighted by atomic mass is 35.5. The maximum Gasteiger partial charge on any atom is 0.0494 e. The zero-order valence-electron chi connectivity index (χ0n) is 10.2. The fraction of sp³-hybridized carbons (Fsp3) is 0.538. The number of benzene rings is 1. The second-order valence-electron chi connectivity index (χ2n) is 5.01. The SMILES string of the molecule is Cc1cc(CNCC(C)(C)CO)ccc1Cl. The number of nitrogens with one attached hydrogen (secondary N) is 1. The minimum absolute atomic E-state index is 0.0680. The van der Waals surface area contributed by atoms with Crippen LogP contribution < -0.4 is 5.32 Å². The number of rotatable bonds is 5. The molecule has 0 atom stereocenters. The Bertz CT molecular complexity index is 350. The van der Waals surface area contributed by atoms with Crippen molar-refractivity contribution in [2.45, 2.75) is 27.3 Å². The predicted octanol–water partition coefficient (Wildman–Crippen LogP) is 2.76. The molecule has 1 aromatic carbocycles. The molecular formula is C13H20ClNO. The highest BCUT2D eigenvalue weighted by Crippen LogP contribution is 2.16. The van der Waals surface area contributed by atoms with E-state index in [1.54, 1.807) is 0 Å². The Labute approximate surface area is 103 Å². The smallest absolute Gasteiger partial charge is 0.0494 e. The number of halogens is 1. The van der Waals surface area contributed by atoms with Gasteiger partial charge in [0.2, 0.25) is 0 Å². The predicted molar refractivity (Wildman–Crippen MR) is 68.8 cm³/mol. The molecular weight excluding hydrogens is 222 g/mol.